The summed E-state index contributed by atoms with van der Waals surface area (Å²) in [4.78, 5) is 3.99. The van der Waals surface area contributed by atoms with E-state index in [1.165, 1.54) is 31.5 Å². The molecule has 0 bridgehead atoms. The number of anilines is 2. The summed E-state index contributed by atoms with van der Waals surface area (Å²) in [7, 11) is -2.33. The summed E-state index contributed by atoms with van der Waals surface area (Å²) < 4.78 is 32.9. The van der Waals surface area contributed by atoms with Crippen molar-refractivity contribution in [2.24, 2.45) is 0 Å². The van der Waals surface area contributed by atoms with Gasteiger partial charge in [0, 0.05) is 16.7 Å². The molecule has 3 N–H and O–H groups in total. The van der Waals surface area contributed by atoms with Gasteiger partial charge in [-0.3, -0.25) is 4.72 Å². The predicted molar refractivity (Wildman–Crippen MR) is 84.9 cm³/mol. The van der Waals surface area contributed by atoms with Gasteiger partial charge in [-0.1, -0.05) is 0 Å². The Morgan fingerprint density at radius 1 is 1.33 bits per heavy atom. The molecule has 2 aromatic rings. The van der Waals surface area contributed by atoms with Crippen molar-refractivity contribution < 1.29 is 13.2 Å². The van der Waals surface area contributed by atoms with Gasteiger partial charge in [0.1, 0.15) is 16.5 Å². The number of nitrogens with zero attached hydrogens (tertiary/aromatic N) is 1. The molecule has 0 fully saturated rings. The summed E-state index contributed by atoms with van der Waals surface area (Å²) in [5.41, 5.74) is 6.74. The first kappa shape index (κ1) is 15.6. The van der Waals surface area contributed by atoms with Crippen molar-refractivity contribution in [3.05, 3.63) is 40.5 Å². The van der Waals surface area contributed by atoms with Gasteiger partial charge in [-0.15, -0.1) is 0 Å². The van der Waals surface area contributed by atoms with Crippen LogP contribution in [0.4, 0.5) is 11.5 Å². The topological polar surface area (TPSA) is 94.3 Å². The molecule has 8 heteroatoms. The minimum absolute atomic E-state index is 0.0225. The smallest absolute Gasteiger partial charge is 0.265 e. The van der Waals surface area contributed by atoms with Crippen LogP contribution >= 0.6 is 15.9 Å². The van der Waals surface area contributed by atoms with Gasteiger partial charge in [0.05, 0.1) is 12.8 Å². The maximum Gasteiger partial charge on any atom is 0.265 e. The van der Waals surface area contributed by atoms with Crippen LogP contribution in [0.2, 0.25) is 0 Å². The highest BCUT2D eigenvalue weighted by Crippen LogP contribution is 2.26. The molecule has 112 valence electrons. The zero-order valence-electron chi connectivity index (χ0n) is 11.4. The third kappa shape index (κ3) is 3.45. The third-order valence-electron chi connectivity index (χ3n) is 2.79. The standard InChI is InChI=1S/C13H14BrN3O3S/c1-8-5-13(16-7-10(8)14)17-21(18,19)12-4-3-9(20-2)6-11(12)15/h3-7H,15H2,1-2H3,(H,16,17). The number of nitrogen functional groups attached to an aromatic ring is 1. The van der Waals surface area contributed by atoms with Crippen LogP contribution in [0.15, 0.2) is 39.8 Å². The monoisotopic (exact) mass is 371 g/mol. The molecule has 0 atom stereocenters. The van der Waals surface area contributed by atoms with Crippen LogP contribution in [-0.2, 0) is 10.0 Å². The number of rotatable bonds is 4. The Bertz CT molecular complexity index is 778. The fourth-order valence-electron chi connectivity index (χ4n) is 1.69. The molecule has 0 aliphatic rings. The zero-order valence-corrected chi connectivity index (χ0v) is 13.8. The normalized spacial score (nSPS) is 11.2. The number of ether oxygens (including phenoxy) is 1. The van der Waals surface area contributed by atoms with Crippen LogP contribution in [0.25, 0.3) is 0 Å². The van der Waals surface area contributed by atoms with Crippen molar-refractivity contribution >= 4 is 37.5 Å². The highest BCUT2D eigenvalue weighted by Gasteiger charge is 2.19. The maximum atomic E-state index is 12.3. The van der Waals surface area contributed by atoms with Crippen molar-refractivity contribution in [1.29, 1.82) is 0 Å². The van der Waals surface area contributed by atoms with Crippen molar-refractivity contribution in [3.63, 3.8) is 0 Å². The molecule has 1 heterocycles. The van der Waals surface area contributed by atoms with E-state index in [1.807, 2.05) is 6.92 Å². The molecule has 0 spiro atoms. The van der Waals surface area contributed by atoms with E-state index in [9.17, 15) is 8.42 Å². The molecule has 6 nitrogen and oxygen atoms in total. The maximum absolute atomic E-state index is 12.3. The Morgan fingerprint density at radius 2 is 2.05 bits per heavy atom. The van der Waals surface area contributed by atoms with Gasteiger partial charge in [0.2, 0.25) is 0 Å². The Hall–Kier alpha value is -1.80. The summed E-state index contributed by atoms with van der Waals surface area (Å²) in [6.45, 7) is 1.84. The lowest BCUT2D eigenvalue weighted by Gasteiger charge is -2.11. The number of nitrogens with two attached hydrogens (primary N) is 1. The number of aromatic nitrogens is 1. The van der Waals surface area contributed by atoms with Crippen molar-refractivity contribution in [2.75, 3.05) is 17.6 Å². The number of hydrogen-bond acceptors (Lipinski definition) is 5. The van der Waals surface area contributed by atoms with Crippen LogP contribution in [0, 0.1) is 6.92 Å². The second-order valence-corrected chi connectivity index (χ2v) is 6.83. The first-order valence-electron chi connectivity index (χ1n) is 5.92. The lowest BCUT2D eigenvalue weighted by Crippen LogP contribution is -2.15. The number of sulfonamides is 1. The first-order valence-corrected chi connectivity index (χ1v) is 8.19. The number of nitrogens with one attached hydrogen (secondary N) is 1. The van der Waals surface area contributed by atoms with Gasteiger partial charge in [-0.2, -0.15) is 0 Å². The van der Waals surface area contributed by atoms with Gasteiger partial charge in [-0.25, -0.2) is 13.4 Å². The quantitative estimate of drug-likeness (QED) is 0.805. The van der Waals surface area contributed by atoms with E-state index in [0.717, 1.165) is 10.0 Å². The molecule has 0 aliphatic heterocycles. The molecule has 21 heavy (non-hydrogen) atoms. The summed E-state index contributed by atoms with van der Waals surface area (Å²) in [6.07, 6.45) is 1.53. The molecular formula is C13H14BrN3O3S. The van der Waals surface area contributed by atoms with E-state index in [1.54, 1.807) is 6.07 Å². The van der Waals surface area contributed by atoms with Gasteiger partial charge in [0.25, 0.3) is 10.0 Å². The predicted octanol–water partition coefficient (Wildman–Crippen LogP) is 2.54. The van der Waals surface area contributed by atoms with Gasteiger partial charge >= 0.3 is 0 Å². The van der Waals surface area contributed by atoms with E-state index in [4.69, 9.17) is 10.5 Å². The highest BCUT2D eigenvalue weighted by molar-refractivity contribution is 9.10. The number of methoxy groups -OCH3 is 1. The third-order valence-corrected chi connectivity index (χ3v) is 5.05. The molecular weight excluding hydrogens is 358 g/mol. The average molecular weight is 372 g/mol. The van der Waals surface area contributed by atoms with Crippen LogP contribution in [0.1, 0.15) is 5.56 Å². The lowest BCUT2D eigenvalue weighted by atomic mass is 10.3. The summed E-state index contributed by atoms with van der Waals surface area (Å²) in [6, 6.07) is 6.00. The number of benzene rings is 1. The molecule has 0 saturated heterocycles. The molecule has 0 unspecified atom stereocenters. The fourth-order valence-corrected chi connectivity index (χ4v) is 3.02. The first-order chi connectivity index (χ1) is 9.83. The minimum Gasteiger partial charge on any atom is -0.497 e. The van der Waals surface area contributed by atoms with E-state index in [0.29, 0.717) is 5.75 Å². The summed E-state index contributed by atoms with van der Waals surface area (Å²) in [5.74, 6) is 0.718. The van der Waals surface area contributed by atoms with Crippen LogP contribution < -0.4 is 15.2 Å². The SMILES string of the molecule is COc1ccc(S(=O)(=O)Nc2cc(C)c(Br)cn2)c(N)c1. The number of pyridine rings is 1. The molecule has 1 aromatic heterocycles. The van der Waals surface area contributed by atoms with Crippen molar-refractivity contribution in [2.45, 2.75) is 11.8 Å². The van der Waals surface area contributed by atoms with Crippen LogP contribution in [0.5, 0.6) is 5.75 Å². The lowest BCUT2D eigenvalue weighted by molar-refractivity contribution is 0.414. The highest BCUT2D eigenvalue weighted by atomic mass is 79.9. The van der Waals surface area contributed by atoms with E-state index < -0.39 is 10.0 Å². The molecule has 0 saturated carbocycles. The fraction of sp³-hybridized carbons (Fsp3) is 0.154. The summed E-state index contributed by atoms with van der Waals surface area (Å²) in [5, 5.41) is 0. The van der Waals surface area contributed by atoms with Gasteiger partial charge in [0.15, 0.2) is 0 Å². The van der Waals surface area contributed by atoms with E-state index >= 15 is 0 Å². The summed E-state index contributed by atoms with van der Waals surface area (Å²) >= 11 is 3.31. The van der Waals surface area contributed by atoms with E-state index in [2.05, 4.69) is 25.6 Å². The Morgan fingerprint density at radius 3 is 2.62 bits per heavy atom. The molecule has 2 rings (SSSR count). The number of hydrogen-bond donors (Lipinski definition) is 2. The van der Waals surface area contributed by atoms with E-state index in [-0.39, 0.29) is 16.4 Å². The average Bonchev–Trinajstić information content (AvgIpc) is 2.42. The number of halogens is 1. The minimum atomic E-state index is -3.81. The Balaban J connectivity index is 2.36. The second-order valence-electron chi connectivity index (χ2n) is 4.33. The van der Waals surface area contributed by atoms with Crippen molar-refractivity contribution in [3.8, 4) is 5.75 Å². The number of aryl methyl sites for hydroxylation is 1. The van der Waals surface area contributed by atoms with Gasteiger partial charge < -0.3 is 10.5 Å². The largest absolute Gasteiger partial charge is 0.497 e. The van der Waals surface area contributed by atoms with Crippen LogP contribution in [0.3, 0.4) is 0 Å². The molecule has 0 amide bonds. The van der Waals surface area contributed by atoms with Crippen molar-refractivity contribution in [1.82, 2.24) is 4.98 Å². The Labute approximate surface area is 131 Å². The molecule has 1 aromatic carbocycles. The van der Waals surface area contributed by atoms with Gasteiger partial charge in [-0.05, 0) is 46.6 Å². The van der Waals surface area contributed by atoms with Crippen LogP contribution in [-0.4, -0.2) is 20.5 Å². The molecule has 0 aliphatic carbocycles. The molecule has 0 radical (unpaired) electrons. The second kappa shape index (κ2) is 5.90. The Kier molecular flexibility index (Phi) is 4.38. The zero-order chi connectivity index (χ0) is 15.6.